The highest BCUT2D eigenvalue weighted by Gasteiger charge is 2.56. The van der Waals surface area contributed by atoms with Gasteiger partial charge in [-0.15, -0.1) is 33.2 Å². The average Bonchev–Trinajstić information content (AvgIpc) is 2.69. The fraction of sp³-hybridized carbons (Fsp3) is 1.00. The van der Waals surface area contributed by atoms with Gasteiger partial charge < -0.3 is 8.35 Å². The molecule has 0 aliphatic heterocycles. The summed E-state index contributed by atoms with van der Waals surface area (Å²) in [4.78, 5) is 0. The molecule has 0 spiro atoms. The van der Waals surface area contributed by atoms with Crippen molar-refractivity contribution in [1.29, 1.82) is 0 Å². The van der Waals surface area contributed by atoms with Gasteiger partial charge in [0.25, 0.3) is 0 Å². The topological polar surface area (TPSA) is 12.5 Å². The van der Waals surface area contributed by atoms with Crippen LogP contribution in [-0.2, 0) is 4.12 Å². The van der Waals surface area contributed by atoms with Gasteiger partial charge in [-0.3, -0.25) is 0 Å². The molecule has 0 aliphatic carbocycles. The Morgan fingerprint density at radius 1 is 0.594 bits per heavy atom. The van der Waals surface area contributed by atoms with Crippen LogP contribution in [0.4, 0.5) is 0 Å². The first-order chi connectivity index (χ1) is 14.6. The summed E-state index contributed by atoms with van der Waals surface area (Å²) in [6.07, 6.45) is 2.08. The van der Waals surface area contributed by atoms with Gasteiger partial charge in [-0.25, -0.2) is 0 Å². The Labute approximate surface area is 221 Å². The molecule has 0 heterocycles. The van der Waals surface area contributed by atoms with Crippen LogP contribution in [0.3, 0.4) is 0 Å². The lowest BCUT2D eigenvalue weighted by Gasteiger charge is -2.59. The predicted octanol–water partition coefficient (Wildman–Crippen LogP) is 10.0. The second-order valence-electron chi connectivity index (χ2n) is 10.7. The molecule has 0 N–H and O–H groups in total. The molecule has 2 nitrogen and oxygen atoms in total. The maximum atomic E-state index is 7.36. The highest BCUT2D eigenvalue weighted by atomic mass is 35.8. The Balaban J connectivity index is 6.71. The number of hydrogen-bond acceptors (Lipinski definition) is 2. The maximum absolute atomic E-state index is 7.36. The zero-order valence-corrected chi connectivity index (χ0v) is 30.6. The van der Waals surface area contributed by atoms with Crippen molar-refractivity contribution in [2.45, 2.75) is 142 Å². The Bertz CT molecular complexity index is 516. The molecule has 194 valence electrons. The van der Waals surface area contributed by atoms with E-state index in [0.29, 0.717) is 5.67 Å². The summed E-state index contributed by atoms with van der Waals surface area (Å²) in [5.74, 6) is 0. The summed E-state index contributed by atoms with van der Waals surface area (Å²) < 4.78 is 10.6. The molecule has 0 aromatic heterocycles. The van der Waals surface area contributed by atoms with E-state index in [9.17, 15) is 0 Å². The molecule has 0 saturated carbocycles. The third-order valence-electron chi connectivity index (χ3n) is 8.64. The van der Waals surface area contributed by atoms with Gasteiger partial charge in [-0.2, -0.15) is 0 Å². The van der Waals surface area contributed by atoms with Gasteiger partial charge in [0, 0.05) is 10.8 Å². The predicted molar refractivity (Wildman–Crippen MR) is 164 cm³/mol. The van der Waals surface area contributed by atoms with E-state index in [0.717, 1.165) is 6.42 Å². The molecule has 0 aliphatic rings. The van der Waals surface area contributed by atoms with E-state index in [1.165, 1.54) is 42.7 Å². The molecular formula is C22H54Cl3NOSi5. The lowest BCUT2D eigenvalue weighted by atomic mass is 10.5. The van der Waals surface area contributed by atoms with Crippen molar-refractivity contribution in [3.63, 3.8) is 0 Å². The van der Waals surface area contributed by atoms with E-state index in [1.807, 2.05) is 0 Å². The second kappa shape index (κ2) is 13.4. The second-order valence-corrected chi connectivity index (χ2v) is 39.3. The Hall–Kier alpha value is 1.87. The number of rotatable bonds is 16. The van der Waals surface area contributed by atoms with Crippen LogP contribution in [0.15, 0.2) is 0 Å². The van der Waals surface area contributed by atoms with E-state index in [4.69, 9.17) is 37.4 Å². The van der Waals surface area contributed by atoms with E-state index in [-0.39, 0.29) is 5.16 Å². The van der Waals surface area contributed by atoms with Crippen molar-refractivity contribution in [2.75, 3.05) is 0 Å². The lowest BCUT2D eigenvalue weighted by Crippen LogP contribution is -2.74. The van der Waals surface area contributed by atoms with Crippen LogP contribution in [0, 0.1) is 0 Å². The standard InChI is InChI=1S/C22H54Cl3NOSi5/c1-13-21(28(9,10)27-29(11,12)22(14-2)32(23,24)25)26(30(15-3,16-4)17-5)31(18-6,19-7)20-8/h21-22H,13-20H2,1-12H3. The van der Waals surface area contributed by atoms with Crippen molar-refractivity contribution >= 4 is 72.3 Å². The Morgan fingerprint density at radius 2 is 0.938 bits per heavy atom. The molecular weight excluding hydrogens is 541 g/mol. The van der Waals surface area contributed by atoms with E-state index < -0.39 is 39.1 Å². The molecule has 0 fully saturated rings. The van der Waals surface area contributed by atoms with Gasteiger partial charge in [0.2, 0.25) is 0 Å². The van der Waals surface area contributed by atoms with Gasteiger partial charge in [0.15, 0.2) is 16.6 Å². The van der Waals surface area contributed by atoms with Crippen molar-refractivity contribution in [2.24, 2.45) is 0 Å². The van der Waals surface area contributed by atoms with E-state index in [1.54, 1.807) is 0 Å². The van der Waals surface area contributed by atoms with Crippen LogP contribution < -0.4 is 0 Å². The van der Waals surface area contributed by atoms with Gasteiger partial charge in [-0.1, -0.05) is 61.8 Å². The van der Waals surface area contributed by atoms with Crippen molar-refractivity contribution in [3.8, 4) is 0 Å². The summed E-state index contributed by atoms with van der Waals surface area (Å²) in [5, 5.41) is 0.133. The summed E-state index contributed by atoms with van der Waals surface area (Å²) >= 11 is 19.8. The van der Waals surface area contributed by atoms with Gasteiger partial charge in [0.05, 0.1) is 0 Å². The van der Waals surface area contributed by atoms with Crippen LogP contribution in [-0.4, -0.2) is 49.0 Å². The smallest absolute Gasteiger partial charge is 0.344 e. The summed E-state index contributed by atoms with van der Waals surface area (Å²) in [6.45, 7) is 29.0. The molecule has 0 saturated heterocycles. The van der Waals surface area contributed by atoms with Crippen molar-refractivity contribution < 1.29 is 4.12 Å². The monoisotopic (exact) mass is 593 g/mol. The molecule has 32 heavy (non-hydrogen) atoms. The Kier molecular flexibility index (Phi) is 14.2. The van der Waals surface area contributed by atoms with Crippen LogP contribution in [0.2, 0.25) is 67.6 Å². The Morgan fingerprint density at radius 3 is 1.16 bits per heavy atom. The molecule has 0 aromatic carbocycles. The summed E-state index contributed by atoms with van der Waals surface area (Å²) in [5.41, 5.74) is 0.557. The third-order valence-corrected chi connectivity index (χ3v) is 39.7. The molecule has 10 heteroatoms. The lowest BCUT2D eigenvalue weighted by molar-refractivity contribution is 0.426. The third kappa shape index (κ3) is 7.45. The fourth-order valence-corrected chi connectivity index (χ4v) is 45.5. The number of hydrogen-bond donors (Lipinski definition) is 0. The van der Waals surface area contributed by atoms with E-state index >= 15 is 0 Å². The van der Waals surface area contributed by atoms with Crippen molar-refractivity contribution in [3.05, 3.63) is 0 Å². The SMILES string of the molecule is CCC(N([Si](CC)(CC)CC)[Si](CC)(CC)CC)[Si](C)(C)O[Si](C)(C)C(CC)[Si](Cl)(Cl)Cl. The minimum absolute atomic E-state index is 0.133. The molecule has 0 rings (SSSR count). The maximum Gasteiger partial charge on any atom is 0.344 e. The van der Waals surface area contributed by atoms with Gasteiger partial charge in [-0.05, 0) is 68.9 Å². The zero-order chi connectivity index (χ0) is 25.6. The molecule has 0 radical (unpaired) electrons. The fourth-order valence-electron chi connectivity index (χ4n) is 6.61. The minimum atomic E-state index is -2.83. The highest BCUT2D eigenvalue weighted by molar-refractivity contribution is 7.66. The first kappa shape index (κ1) is 33.9. The van der Waals surface area contributed by atoms with Gasteiger partial charge in [0.1, 0.15) is 16.5 Å². The first-order valence-corrected chi connectivity index (χ1v) is 29.4. The summed E-state index contributed by atoms with van der Waals surface area (Å²) in [7, 11) is -7.46. The van der Waals surface area contributed by atoms with Crippen LogP contribution >= 0.6 is 33.2 Å². The average molecular weight is 595 g/mol. The van der Waals surface area contributed by atoms with E-state index in [2.05, 4.69) is 85.8 Å². The molecule has 0 amide bonds. The van der Waals surface area contributed by atoms with Crippen LogP contribution in [0.5, 0.6) is 0 Å². The zero-order valence-electron chi connectivity index (χ0n) is 23.3. The highest BCUT2D eigenvalue weighted by Crippen LogP contribution is 2.46. The quantitative estimate of drug-likeness (QED) is 0.130. The van der Waals surface area contributed by atoms with Crippen LogP contribution in [0.1, 0.15) is 68.2 Å². The molecule has 2 atom stereocenters. The normalized spacial score (nSPS) is 16.5. The van der Waals surface area contributed by atoms with Crippen LogP contribution in [0.25, 0.3) is 0 Å². The van der Waals surface area contributed by atoms with Crippen molar-refractivity contribution in [1.82, 2.24) is 4.23 Å². The molecule has 0 bridgehead atoms. The summed E-state index contributed by atoms with van der Waals surface area (Å²) in [6, 6.07) is 5.23. The largest absolute Gasteiger partial charge is 0.454 e. The number of halogens is 3. The first-order valence-electron chi connectivity index (χ1n) is 13.1. The van der Waals surface area contributed by atoms with Gasteiger partial charge >= 0.3 is 6.00 Å². The number of nitrogens with zero attached hydrogens (tertiary/aromatic N) is 1. The molecule has 2 unspecified atom stereocenters. The minimum Gasteiger partial charge on any atom is -0.454 e. The molecule has 0 aromatic rings.